The van der Waals surface area contributed by atoms with Gasteiger partial charge in [0.15, 0.2) is 0 Å². The average Bonchev–Trinajstić information content (AvgIpc) is 2.26. The number of aromatic nitrogens is 1. The number of nitrogens with zero attached hydrogens (tertiary/aromatic N) is 2. The van der Waals surface area contributed by atoms with Crippen LogP contribution in [0.2, 0.25) is 0 Å². The first-order valence-corrected chi connectivity index (χ1v) is 5.37. The zero-order chi connectivity index (χ0) is 15.5. The molecule has 1 rings (SSSR count). The Balaban J connectivity index is 2.87. The standard InChI is InChI=1S/C10H11F3N4O3/c1-5(3-10(11,12)13)16-9(18)7-2-6(17(19)20)4-15-8(7)14/h2,4-5H,3H2,1H3,(H2,14,15)(H,16,18). The highest BCUT2D eigenvalue weighted by Gasteiger charge is 2.31. The molecule has 0 aliphatic rings. The summed E-state index contributed by atoms with van der Waals surface area (Å²) >= 11 is 0. The SMILES string of the molecule is CC(CC(F)(F)F)NC(=O)c1cc([N+](=O)[O-])cnc1N. The van der Waals surface area contributed by atoms with Crippen LogP contribution in [-0.2, 0) is 0 Å². The number of rotatable bonds is 4. The maximum atomic E-state index is 12.1. The van der Waals surface area contributed by atoms with Gasteiger partial charge in [0.25, 0.3) is 11.6 Å². The van der Waals surface area contributed by atoms with Gasteiger partial charge in [0, 0.05) is 12.1 Å². The van der Waals surface area contributed by atoms with E-state index in [4.69, 9.17) is 5.73 Å². The summed E-state index contributed by atoms with van der Waals surface area (Å²) in [4.78, 5) is 24.9. The molecule has 10 heteroatoms. The second kappa shape index (κ2) is 5.72. The molecule has 3 N–H and O–H groups in total. The van der Waals surface area contributed by atoms with Crippen LogP contribution in [0.4, 0.5) is 24.7 Å². The second-order valence-electron chi connectivity index (χ2n) is 4.08. The van der Waals surface area contributed by atoms with Gasteiger partial charge in [0.05, 0.1) is 16.9 Å². The molecule has 20 heavy (non-hydrogen) atoms. The Morgan fingerprint density at radius 1 is 1.60 bits per heavy atom. The summed E-state index contributed by atoms with van der Waals surface area (Å²) in [6.07, 6.45) is -4.80. The number of halogens is 3. The first-order chi connectivity index (χ1) is 9.10. The molecule has 1 amide bonds. The molecule has 1 aromatic heterocycles. The third-order valence-electron chi connectivity index (χ3n) is 2.27. The third kappa shape index (κ3) is 4.37. The molecule has 1 atom stereocenters. The monoisotopic (exact) mass is 292 g/mol. The van der Waals surface area contributed by atoms with Gasteiger partial charge in [-0.15, -0.1) is 0 Å². The van der Waals surface area contributed by atoms with E-state index in [0.717, 1.165) is 19.2 Å². The van der Waals surface area contributed by atoms with Gasteiger partial charge < -0.3 is 11.1 Å². The van der Waals surface area contributed by atoms with Crippen molar-refractivity contribution < 1.29 is 22.9 Å². The maximum absolute atomic E-state index is 12.1. The van der Waals surface area contributed by atoms with Gasteiger partial charge in [0.1, 0.15) is 12.0 Å². The number of nitro groups is 1. The summed E-state index contributed by atoms with van der Waals surface area (Å²) in [5, 5.41) is 12.6. The molecule has 0 saturated heterocycles. The van der Waals surface area contributed by atoms with Crippen molar-refractivity contribution in [1.29, 1.82) is 0 Å². The number of amides is 1. The van der Waals surface area contributed by atoms with E-state index in [2.05, 4.69) is 10.3 Å². The minimum absolute atomic E-state index is 0.299. The fraction of sp³-hybridized carbons (Fsp3) is 0.400. The number of carbonyl (C=O) groups is 1. The van der Waals surface area contributed by atoms with E-state index in [0.29, 0.717) is 0 Å². The Bertz CT molecular complexity index is 533. The maximum Gasteiger partial charge on any atom is 0.391 e. The van der Waals surface area contributed by atoms with Gasteiger partial charge in [-0.2, -0.15) is 13.2 Å². The largest absolute Gasteiger partial charge is 0.391 e. The van der Waals surface area contributed by atoms with Crippen molar-refractivity contribution in [3.8, 4) is 0 Å². The number of nitrogen functional groups attached to an aromatic ring is 1. The van der Waals surface area contributed by atoms with Crippen LogP contribution in [0.1, 0.15) is 23.7 Å². The second-order valence-corrected chi connectivity index (χ2v) is 4.08. The van der Waals surface area contributed by atoms with E-state index in [-0.39, 0.29) is 11.4 Å². The number of hydrogen-bond donors (Lipinski definition) is 2. The lowest BCUT2D eigenvalue weighted by Crippen LogP contribution is -2.36. The van der Waals surface area contributed by atoms with Crippen LogP contribution in [0.3, 0.4) is 0 Å². The summed E-state index contributed by atoms with van der Waals surface area (Å²) in [7, 11) is 0. The Morgan fingerprint density at radius 3 is 2.70 bits per heavy atom. The van der Waals surface area contributed by atoms with Crippen molar-refractivity contribution in [3.05, 3.63) is 27.9 Å². The zero-order valence-electron chi connectivity index (χ0n) is 10.3. The molecule has 0 aromatic carbocycles. The molecular formula is C10H11F3N4O3. The predicted octanol–water partition coefficient (Wildman–Crippen LogP) is 1.64. The van der Waals surface area contributed by atoms with E-state index in [1.54, 1.807) is 0 Å². The Morgan fingerprint density at radius 2 is 2.20 bits per heavy atom. The van der Waals surface area contributed by atoms with Crippen LogP contribution >= 0.6 is 0 Å². The van der Waals surface area contributed by atoms with E-state index >= 15 is 0 Å². The molecule has 1 heterocycles. The minimum Gasteiger partial charge on any atom is -0.383 e. The van der Waals surface area contributed by atoms with Crippen molar-refractivity contribution >= 4 is 17.4 Å². The van der Waals surface area contributed by atoms with Crippen LogP contribution in [0.5, 0.6) is 0 Å². The van der Waals surface area contributed by atoms with Gasteiger partial charge in [-0.1, -0.05) is 0 Å². The van der Waals surface area contributed by atoms with E-state index in [1.165, 1.54) is 0 Å². The lowest BCUT2D eigenvalue weighted by Gasteiger charge is -2.16. The van der Waals surface area contributed by atoms with E-state index in [1.807, 2.05) is 0 Å². The normalized spacial score (nSPS) is 12.8. The van der Waals surface area contributed by atoms with Gasteiger partial charge in [-0.3, -0.25) is 14.9 Å². The van der Waals surface area contributed by atoms with Crippen molar-refractivity contribution in [2.24, 2.45) is 0 Å². The molecule has 0 saturated carbocycles. The van der Waals surface area contributed by atoms with Crippen LogP contribution in [0.15, 0.2) is 12.3 Å². The van der Waals surface area contributed by atoms with Crippen molar-refractivity contribution in [1.82, 2.24) is 10.3 Å². The third-order valence-corrected chi connectivity index (χ3v) is 2.27. The van der Waals surface area contributed by atoms with Crippen molar-refractivity contribution in [2.45, 2.75) is 25.6 Å². The summed E-state index contributed by atoms with van der Waals surface area (Å²) in [5.74, 6) is -1.25. The molecule has 1 unspecified atom stereocenters. The van der Waals surface area contributed by atoms with Crippen molar-refractivity contribution in [2.75, 3.05) is 5.73 Å². The highest BCUT2D eigenvalue weighted by Crippen LogP contribution is 2.22. The van der Waals surface area contributed by atoms with Gasteiger partial charge >= 0.3 is 6.18 Å². The minimum atomic E-state index is -4.43. The Labute approximate surface area is 111 Å². The lowest BCUT2D eigenvalue weighted by molar-refractivity contribution is -0.385. The summed E-state index contributed by atoms with van der Waals surface area (Å²) < 4.78 is 36.4. The van der Waals surface area contributed by atoms with Gasteiger partial charge in [-0.05, 0) is 6.92 Å². The molecule has 0 aliphatic heterocycles. The Kier molecular flexibility index (Phi) is 4.48. The molecule has 110 valence electrons. The number of nitrogens with one attached hydrogen (secondary N) is 1. The van der Waals surface area contributed by atoms with Crippen LogP contribution in [0, 0.1) is 10.1 Å². The molecule has 0 bridgehead atoms. The molecule has 0 fully saturated rings. The summed E-state index contributed by atoms with van der Waals surface area (Å²) in [6, 6.07) is -0.334. The van der Waals surface area contributed by atoms with E-state index < -0.39 is 35.2 Å². The number of anilines is 1. The van der Waals surface area contributed by atoms with Crippen LogP contribution in [0.25, 0.3) is 0 Å². The first-order valence-electron chi connectivity index (χ1n) is 5.37. The van der Waals surface area contributed by atoms with Gasteiger partial charge in [0.2, 0.25) is 0 Å². The summed E-state index contributed by atoms with van der Waals surface area (Å²) in [6.45, 7) is 1.16. The lowest BCUT2D eigenvalue weighted by atomic mass is 10.2. The number of alkyl halides is 3. The quantitative estimate of drug-likeness (QED) is 0.647. The van der Waals surface area contributed by atoms with E-state index in [9.17, 15) is 28.1 Å². The molecular weight excluding hydrogens is 281 g/mol. The topological polar surface area (TPSA) is 111 Å². The predicted molar refractivity (Wildman–Crippen MR) is 62.9 cm³/mol. The van der Waals surface area contributed by atoms with Crippen LogP contribution in [-0.4, -0.2) is 28.0 Å². The number of nitrogens with two attached hydrogens (primary N) is 1. The van der Waals surface area contributed by atoms with Gasteiger partial charge in [-0.25, -0.2) is 4.98 Å². The fourth-order valence-electron chi connectivity index (χ4n) is 1.45. The smallest absolute Gasteiger partial charge is 0.383 e. The highest BCUT2D eigenvalue weighted by molar-refractivity contribution is 5.99. The molecule has 0 aliphatic carbocycles. The highest BCUT2D eigenvalue weighted by atomic mass is 19.4. The first kappa shape index (κ1) is 15.7. The number of pyridine rings is 1. The molecule has 1 aromatic rings. The number of carbonyl (C=O) groups excluding carboxylic acids is 1. The van der Waals surface area contributed by atoms with Crippen LogP contribution < -0.4 is 11.1 Å². The molecule has 0 spiro atoms. The molecule has 0 radical (unpaired) electrons. The van der Waals surface area contributed by atoms with Crippen molar-refractivity contribution in [3.63, 3.8) is 0 Å². The zero-order valence-corrected chi connectivity index (χ0v) is 10.3. The number of hydrogen-bond acceptors (Lipinski definition) is 5. The average molecular weight is 292 g/mol. The Hall–Kier alpha value is -2.39. The fourth-order valence-corrected chi connectivity index (χ4v) is 1.45. The summed E-state index contributed by atoms with van der Waals surface area (Å²) in [5.41, 5.74) is 4.56. The molecule has 7 nitrogen and oxygen atoms in total.